The number of rotatable bonds is 3. The van der Waals surface area contributed by atoms with E-state index in [-0.39, 0.29) is 0 Å². The van der Waals surface area contributed by atoms with E-state index < -0.39 is 0 Å². The van der Waals surface area contributed by atoms with E-state index in [2.05, 4.69) is 36.1 Å². The van der Waals surface area contributed by atoms with Crippen LogP contribution in [-0.2, 0) is 0 Å². The van der Waals surface area contributed by atoms with Crippen LogP contribution in [0.5, 0.6) is 0 Å². The van der Waals surface area contributed by atoms with Crippen LogP contribution in [0, 0.1) is 0 Å². The molecule has 2 unspecified atom stereocenters. The van der Waals surface area contributed by atoms with Gasteiger partial charge in [-0.2, -0.15) is 12.6 Å². The molecular formula is C12H22N2S. The van der Waals surface area contributed by atoms with Crippen molar-refractivity contribution in [3.8, 4) is 0 Å². The molecule has 2 atom stereocenters. The minimum absolute atomic E-state index is 0.783. The maximum Gasteiger partial charge on any atom is 0.0223 e. The van der Waals surface area contributed by atoms with Crippen LogP contribution in [0.15, 0.2) is 12.2 Å². The Bertz CT molecular complexity index is 242. The molecule has 0 spiro atoms. The molecule has 2 nitrogen and oxygen atoms in total. The molecule has 0 aromatic heterocycles. The molecular weight excluding hydrogens is 204 g/mol. The monoisotopic (exact) mass is 226 g/mol. The average Bonchev–Trinajstić information content (AvgIpc) is 2.46. The summed E-state index contributed by atoms with van der Waals surface area (Å²) >= 11 is 4.28. The van der Waals surface area contributed by atoms with E-state index in [1.807, 2.05) is 0 Å². The van der Waals surface area contributed by atoms with Gasteiger partial charge >= 0.3 is 0 Å². The molecule has 0 radical (unpaired) electrons. The molecule has 2 rings (SSSR count). The summed E-state index contributed by atoms with van der Waals surface area (Å²) in [5.41, 5.74) is 1.25. The van der Waals surface area contributed by atoms with Crippen molar-refractivity contribution in [1.82, 2.24) is 9.80 Å². The molecule has 2 fully saturated rings. The van der Waals surface area contributed by atoms with E-state index >= 15 is 0 Å². The van der Waals surface area contributed by atoms with Gasteiger partial charge in [0.2, 0.25) is 0 Å². The summed E-state index contributed by atoms with van der Waals surface area (Å²) in [6.07, 6.45) is 4.11. The van der Waals surface area contributed by atoms with Crippen molar-refractivity contribution in [3.05, 3.63) is 12.2 Å². The first-order valence-corrected chi connectivity index (χ1v) is 6.55. The van der Waals surface area contributed by atoms with Crippen LogP contribution in [0.4, 0.5) is 0 Å². The van der Waals surface area contributed by atoms with Gasteiger partial charge in [-0.15, -0.1) is 0 Å². The summed E-state index contributed by atoms with van der Waals surface area (Å²) in [6.45, 7) is 7.55. The summed E-state index contributed by atoms with van der Waals surface area (Å²) in [6, 6.07) is 1.62. The third kappa shape index (κ3) is 2.58. The summed E-state index contributed by atoms with van der Waals surface area (Å²) in [7, 11) is 2.29. The van der Waals surface area contributed by atoms with Gasteiger partial charge in [0.05, 0.1) is 0 Å². The number of thiol groups is 1. The van der Waals surface area contributed by atoms with Gasteiger partial charge in [-0.3, -0.25) is 9.80 Å². The first-order chi connectivity index (χ1) is 7.20. The molecule has 2 aliphatic rings. The van der Waals surface area contributed by atoms with Crippen molar-refractivity contribution in [1.29, 1.82) is 0 Å². The van der Waals surface area contributed by atoms with Crippen molar-refractivity contribution < 1.29 is 0 Å². The molecule has 2 aliphatic heterocycles. The van der Waals surface area contributed by atoms with Crippen LogP contribution in [0.2, 0.25) is 0 Å². The zero-order valence-electron chi connectivity index (χ0n) is 9.65. The van der Waals surface area contributed by atoms with E-state index in [4.69, 9.17) is 0 Å². The summed E-state index contributed by atoms with van der Waals surface area (Å²) in [5.74, 6) is 0.820. The highest BCUT2D eigenvalue weighted by atomic mass is 32.1. The molecule has 3 heteroatoms. The van der Waals surface area contributed by atoms with Gasteiger partial charge in [0.1, 0.15) is 0 Å². The highest BCUT2D eigenvalue weighted by Gasteiger charge is 2.34. The van der Waals surface area contributed by atoms with Crippen molar-refractivity contribution in [2.24, 2.45) is 0 Å². The Kier molecular flexibility index (Phi) is 3.75. The molecule has 2 saturated heterocycles. The Hall–Kier alpha value is 0.01000. The largest absolute Gasteiger partial charge is 0.299 e. The number of fused-ring (bicyclic) bond motifs is 2. The quantitative estimate of drug-likeness (QED) is 0.577. The zero-order chi connectivity index (χ0) is 10.8. The lowest BCUT2D eigenvalue weighted by Gasteiger charge is -2.26. The highest BCUT2D eigenvalue weighted by Crippen LogP contribution is 2.28. The Balaban J connectivity index is 1.92. The van der Waals surface area contributed by atoms with Crippen LogP contribution < -0.4 is 0 Å². The fraction of sp³-hybridized carbons (Fsp3) is 0.833. The SMILES string of the molecule is C=C(CS)CN1CCC2CCC(C1)N2C. The summed E-state index contributed by atoms with van der Waals surface area (Å²) in [5, 5.41) is 0. The smallest absolute Gasteiger partial charge is 0.0223 e. The van der Waals surface area contributed by atoms with E-state index in [1.165, 1.54) is 37.9 Å². The highest BCUT2D eigenvalue weighted by molar-refractivity contribution is 7.80. The van der Waals surface area contributed by atoms with Gasteiger partial charge in [-0.1, -0.05) is 12.2 Å². The van der Waals surface area contributed by atoms with Crippen LogP contribution in [0.1, 0.15) is 19.3 Å². The third-order valence-electron chi connectivity index (χ3n) is 3.90. The van der Waals surface area contributed by atoms with Crippen molar-refractivity contribution in [3.63, 3.8) is 0 Å². The number of hydrogen-bond acceptors (Lipinski definition) is 3. The summed E-state index contributed by atoms with van der Waals surface area (Å²) in [4.78, 5) is 5.14. The summed E-state index contributed by atoms with van der Waals surface area (Å²) < 4.78 is 0. The lowest BCUT2D eigenvalue weighted by atomic mass is 10.1. The van der Waals surface area contributed by atoms with Crippen LogP contribution in [-0.4, -0.2) is 54.3 Å². The number of hydrogen-bond donors (Lipinski definition) is 1. The van der Waals surface area contributed by atoms with Crippen molar-refractivity contribution in [2.75, 3.05) is 32.4 Å². The topological polar surface area (TPSA) is 6.48 Å². The molecule has 2 heterocycles. The van der Waals surface area contributed by atoms with Crippen molar-refractivity contribution >= 4 is 12.6 Å². The lowest BCUT2D eigenvalue weighted by molar-refractivity contribution is 0.227. The molecule has 0 aromatic carbocycles. The van der Waals surface area contributed by atoms with Gasteiger partial charge in [0, 0.05) is 37.5 Å². The molecule has 86 valence electrons. The predicted octanol–water partition coefficient (Wildman–Crippen LogP) is 1.64. The van der Waals surface area contributed by atoms with E-state index in [0.717, 1.165) is 24.4 Å². The molecule has 0 amide bonds. The van der Waals surface area contributed by atoms with Crippen LogP contribution in [0.25, 0.3) is 0 Å². The minimum Gasteiger partial charge on any atom is -0.299 e. The standard InChI is InChI=1S/C12H22N2S/c1-10(9-15)7-14-6-5-11-3-4-12(8-14)13(11)2/h11-12,15H,1,3-9H2,2H3. The second-order valence-electron chi connectivity index (χ2n) is 4.98. The van der Waals surface area contributed by atoms with Gasteiger partial charge in [-0.25, -0.2) is 0 Å². The fourth-order valence-corrected chi connectivity index (χ4v) is 2.99. The van der Waals surface area contributed by atoms with Gasteiger partial charge in [0.15, 0.2) is 0 Å². The molecule has 0 aliphatic carbocycles. The normalized spacial score (nSPS) is 32.9. The lowest BCUT2D eigenvalue weighted by Crippen LogP contribution is -2.37. The number of nitrogens with zero attached hydrogens (tertiary/aromatic N) is 2. The minimum atomic E-state index is 0.783. The van der Waals surface area contributed by atoms with Crippen molar-refractivity contribution in [2.45, 2.75) is 31.3 Å². The maximum absolute atomic E-state index is 4.28. The van der Waals surface area contributed by atoms with Gasteiger partial charge < -0.3 is 0 Å². The Morgan fingerprint density at radius 2 is 2.07 bits per heavy atom. The molecule has 0 N–H and O–H groups in total. The fourth-order valence-electron chi connectivity index (χ4n) is 2.89. The third-order valence-corrected chi connectivity index (χ3v) is 4.35. The Morgan fingerprint density at radius 3 is 2.80 bits per heavy atom. The zero-order valence-corrected chi connectivity index (χ0v) is 10.5. The van der Waals surface area contributed by atoms with E-state index in [0.29, 0.717) is 0 Å². The Labute approximate surface area is 98.7 Å². The number of likely N-dealkylation sites (tertiary alicyclic amines) is 1. The van der Waals surface area contributed by atoms with E-state index in [1.54, 1.807) is 0 Å². The number of likely N-dealkylation sites (N-methyl/N-ethyl adjacent to an activating group) is 1. The maximum atomic E-state index is 4.28. The molecule has 2 bridgehead atoms. The molecule has 0 saturated carbocycles. The Morgan fingerprint density at radius 1 is 1.33 bits per heavy atom. The van der Waals surface area contributed by atoms with Gasteiger partial charge in [0.25, 0.3) is 0 Å². The van der Waals surface area contributed by atoms with Crippen LogP contribution >= 0.6 is 12.6 Å². The first kappa shape index (κ1) is 11.5. The second-order valence-corrected chi connectivity index (χ2v) is 5.30. The van der Waals surface area contributed by atoms with Gasteiger partial charge in [-0.05, 0) is 26.3 Å². The predicted molar refractivity (Wildman–Crippen MR) is 68.6 cm³/mol. The first-order valence-electron chi connectivity index (χ1n) is 5.92. The van der Waals surface area contributed by atoms with E-state index in [9.17, 15) is 0 Å². The molecule has 0 aromatic rings. The average molecular weight is 226 g/mol. The van der Waals surface area contributed by atoms with Crippen LogP contribution in [0.3, 0.4) is 0 Å². The molecule has 15 heavy (non-hydrogen) atoms. The second kappa shape index (κ2) is 4.89.